The lowest BCUT2D eigenvalue weighted by Gasteiger charge is -2.00. The summed E-state index contributed by atoms with van der Waals surface area (Å²) in [4.78, 5) is 4.61. The maximum atomic E-state index is 4.61. The molecule has 15 heavy (non-hydrogen) atoms. The number of nitrogens with zero attached hydrogens (tertiary/aromatic N) is 3. The second kappa shape index (κ2) is 3.33. The minimum Gasteiger partial charge on any atom is -0.218 e. The van der Waals surface area contributed by atoms with E-state index in [0.29, 0.717) is 5.92 Å². The van der Waals surface area contributed by atoms with Gasteiger partial charge in [-0.05, 0) is 31.9 Å². The largest absolute Gasteiger partial charge is 0.218 e. The Hall–Kier alpha value is -1.38. The van der Waals surface area contributed by atoms with Crippen LogP contribution in [-0.4, -0.2) is 14.6 Å². The Morgan fingerprint density at radius 1 is 1.27 bits per heavy atom. The zero-order chi connectivity index (χ0) is 10.3. The SMILES string of the molecule is Cc1cccc2nc(C3CCCC3)nn12. The van der Waals surface area contributed by atoms with Crippen LogP contribution >= 0.6 is 0 Å². The molecule has 3 heteroatoms. The van der Waals surface area contributed by atoms with Gasteiger partial charge in [-0.25, -0.2) is 9.50 Å². The van der Waals surface area contributed by atoms with Crippen LogP contribution in [0.3, 0.4) is 0 Å². The molecule has 2 aromatic heterocycles. The third kappa shape index (κ3) is 1.42. The molecule has 0 aromatic carbocycles. The molecular formula is C12H15N3. The van der Waals surface area contributed by atoms with Crippen molar-refractivity contribution in [1.29, 1.82) is 0 Å². The van der Waals surface area contributed by atoms with Crippen LogP contribution in [0.15, 0.2) is 18.2 Å². The highest BCUT2D eigenvalue weighted by Crippen LogP contribution is 2.32. The van der Waals surface area contributed by atoms with Gasteiger partial charge in [-0.3, -0.25) is 0 Å². The fourth-order valence-corrected chi connectivity index (χ4v) is 2.41. The maximum absolute atomic E-state index is 4.61. The molecule has 1 fully saturated rings. The van der Waals surface area contributed by atoms with Crippen LogP contribution in [0, 0.1) is 6.92 Å². The van der Waals surface area contributed by atoms with Crippen LogP contribution in [0.5, 0.6) is 0 Å². The normalized spacial score (nSPS) is 17.7. The average Bonchev–Trinajstić information content (AvgIpc) is 2.86. The third-order valence-electron chi connectivity index (χ3n) is 3.29. The minimum atomic E-state index is 0.601. The van der Waals surface area contributed by atoms with Crippen molar-refractivity contribution in [3.8, 4) is 0 Å². The van der Waals surface area contributed by atoms with E-state index in [1.165, 1.54) is 25.7 Å². The molecule has 0 saturated heterocycles. The number of pyridine rings is 1. The quantitative estimate of drug-likeness (QED) is 0.710. The fourth-order valence-electron chi connectivity index (χ4n) is 2.41. The summed E-state index contributed by atoms with van der Waals surface area (Å²) in [6.45, 7) is 2.07. The number of aryl methyl sites for hydroxylation is 1. The van der Waals surface area contributed by atoms with Gasteiger partial charge in [0.25, 0.3) is 0 Å². The van der Waals surface area contributed by atoms with E-state index in [1.807, 2.05) is 16.6 Å². The number of fused-ring (bicyclic) bond motifs is 1. The third-order valence-corrected chi connectivity index (χ3v) is 3.29. The first kappa shape index (κ1) is 8.89. The highest BCUT2D eigenvalue weighted by molar-refractivity contribution is 5.39. The number of rotatable bonds is 1. The van der Waals surface area contributed by atoms with E-state index in [-0.39, 0.29) is 0 Å². The van der Waals surface area contributed by atoms with Gasteiger partial charge in [0.05, 0.1) is 0 Å². The van der Waals surface area contributed by atoms with Gasteiger partial charge < -0.3 is 0 Å². The van der Waals surface area contributed by atoms with Crippen LogP contribution < -0.4 is 0 Å². The van der Waals surface area contributed by atoms with Gasteiger partial charge in [0.15, 0.2) is 11.5 Å². The second-order valence-corrected chi connectivity index (χ2v) is 4.39. The second-order valence-electron chi connectivity index (χ2n) is 4.39. The molecule has 0 N–H and O–H groups in total. The lowest BCUT2D eigenvalue weighted by atomic mass is 10.1. The van der Waals surface area contributed by atoms with E-state index in [1.54, 1.807) is 0 Å². The molecule has 2 heterocycles. The molecule has 0 spiro atoms. The zero-order valence-corrected chi connectivity index (χ0v) is 8.98. The van der Waals surface area contributed by atoms with E-state index >= 15 is 0 Å². The van der Waals surface area contributed by atoms with Gasteiger partial charge in [-0.1, -0.05) is 18.9 Å². The van der Waals surface area contributed by atoms with Crippen molar-refractivity contribution in [3.05, 3.63) is 29.7 Å². The molecule has 1 aliphatic rings. The van der Waals surface area contributed by atoms with Crippen molar-refractivity contribution in [1.82, 2.24) is 14.6 Å². The summed E-state index contributed by atoms with van der Waals surface area (Å²) in [6.07, 6.45) is 5.18. The van der Waals surface area contributed by atoms with E-state index < -0.39 is 0 Å². The molecule has 2 aromatic rings. The molecule has 0 amide bonds. The van der Waals surface area contributed by atoms with Crippen molar-refractivity contribution in [2.45, 2.75) is 38.5 Å². The number of aromatic nitrogens is 3. The molecule has 0 radical (unpaired) electrons. The van der Waals surface area contributed by atoms with Crippen LogP contribution in [-0.2, 0) is 0 Å². The van der Waals surface area contributed by atoms with Crippen LogP contribution in [0.25, 0.3) is 5.65 Å². The van der Waals surface area contributed by atoms with Crippen molar-refractivity contribution in [2.75, 3.05) is 0 Å². The summed E-state index contributed by atoms with van der Waals surface area (Å²) in [5, 5.41) is 4.60. The summed E-state index contributed by atoms with van der Waals surface area (Å²) in [5.41, 5.74) is 2.14. The molecule has 3 nitrogen and oxygen atoms in total. The first-order chi connectivity index (χ1) is 7.34. The van der Waals surface area contributed by atoms with E-state index in [2.05, 4.69) is 23.1 Å². The smallest absolute Gasteiger partial charge is 0.155 e. The van der Waals surface area contributed by atoms with Gasteiger partial charge in [-0.15, -0.1) is 0 Å². The molecule has 0 aliphatic heterocycles. The van der Waals surface area contributed by atoms with Gasteiger partial charge in [-0.2, -0.15) is 5.10 Å². The van der Waals surface area contributed by atoms with E-state index in [9.17, 15) is 0 Å². The van der Waals surface area contributed by atoms with Crippen LogP contribution in [0.4, 0.5) is 0 Å². The Bertz CT molecular complexity index is 481. The predicted molar refractivity (Wildman–Crippen MR) is 58.9 cm³/mol. The van der Waals surface area contributed by atoms with Crippen molar-refractivity contribution in [2.24, 2.45) is 0 Å². The van der Waals surface area contributed by atoms with Gasteiger partial charge in [0, 0.05) is 11.6 Å². The Kier molecular flexibility index (Phi) is 1.97. The molecular weight excluding hydrogens is 186 g/mol. The summed E-state index contributed by atoms with van der Waals surface area (Å²) in [7, 11) is 0. The number of hydrogen-bond acceptors (Lipinski definition) is 2. The van der Waals surface area contributed by atoms with Crippen molar-refractivity contribution in [3.63, 3.8) is 0 Å². The van der Waals surface area contributed by atoms with Crippen molar-refractivity contribution >= 4 is 5.65 Å². The van der Waals surface area contributed by atoms with Gasteiger partial charge in [0.2, 0.25) is 0 Å². The molecule has 1 aliphatic carbocycles. The molecule has 78 valence electrons. The monoisotopic (exact) mass is 201 g/mol. The Morgan fingerprint density at radius 3 is 2.80 bits per heavy atom. The number of hydrogen-bond donors (Lipinski definition) is 0. The molecule has 0 bridgehead atoms. The summed E-state index contributed by atoms with van der Waals surface area (Å²) < 4.78 is 1.95. The van der Waals surface area contributed by atoms with E-state index in [4.69, 9.17) is 0 Å². The lowest BCUT2D eigenvalue weighted by molar-refractivity contribution is 0.664. The fraction of sp³-hybridized carbons (Fsp3) is 0.500. The summed E-state index contributed by atoms with van der Waals surface area (Å²) >= 11 is 0. The first-order valence-electron chi connectivity index (χ1n) is 5.67. The van der Waals surface area contributed by atoms with Crippen LogP contribution in [0.2, 0.25) is 0 Å². The predicted octanol–water partition coefficient (Wildman–Crippen LogP) is 2.70. The van der Waals surface area contributed by atoms with E-state index in [0.717, 1.165) is 17.2 Å². The van der Waals surface area contributed by atoms with Crippen LogP contribution in [0.1, 0.15) is 43.1 Å². The minimum absolute atomic E-state index is 0.601. The molecule has 0 unspecified atom stereocenters. The molecule has 0 atom stereocenters. The highest BCUT2D eigenvalue weighted by Gasteiger charge is 2.21. The topological polar surface area (TPSA) is 30.2 Å². The van der Waals surface area contributed by atoms with Gasteiger partial charge >= 0.3 is 0 Å². The summed E-state index contributed by atoms with van der Waals surface area (Å²) in [5.74, 6) is 1.64. The lowest BCUT2D eigenvalue weighted by Crippen LogP contribution is -1.97. The molecule has 3 rings (SSSR count). The Labute approximate surface area is 89.1 Å². The van der Waals surface area contributed by atoms with Gasteiger partial charge in [0.1, 0.15) is 0 Å². The zero-order valence-electron chi connectivity index (χ0n) is 8.98. The summed E-state index contributed by atoms with van der Waals surface area (Å²) in [6, 6.07) is 6.14. The first-order valence-corrected chi connectivity index (χ1v) is 5.67. The Balaban J connectivity index is 2.09. The highest BCUT2D eigenvalue weighted by atomic mass is 15.3. The maximum Gasteiger partial charge on any atom is 0.155 e. The van der Waals surface area contributed by atoms with Crippen molar-refractivity contribution < 1.29 is 0 Å². The molecule has 1 saturated carbocycles. The standard InChI is InChI=1S/C12H15N3/c1-9-5-4-8-11-13-12(14-15(9)11)10-6-2-3-7-10/h4-5,8,10H,2-3,6-7H2,1H3. The average molecular weight is 201 g/mol. The Morgan fingerprint density at radius 2 is 2.07 bits per heavy atom.